The molecule has 0 bridgehead atoms. The zero-order valence-electron chi connectivity index (χ0n) is 9.68. The highest BCUT2D eigenvalue weighted by Gasteiger charge is 2.35. The second-order valence-corrected chi connectivity index (χ2v) is 4.23. The monoisotopic (exact) mass is 283 g/mol. The number of amides is 1. The highest BCUT2D eigenvalue weighted by Crippen LogP contribution is 2.31. The Kier molecular flexibility index (Phi) is 3.79. The van der Waals surface area contributed by atoms with Crippen LogP contribution >= 0.6 is 11.6 Å². The molecule has 3 N–H and O–H groups in total. The summed E-state index contributed by atoms with van der Waals surface area (Å²) in [6.07, 6.45) is -0.0920. The van der Waals surface area contributed by atoms with E-state index in [4.69, 9.17) is 17.4 Å². The van der Waals surface area contributed by atoms with E-state index in [1.165, 1.54) is 11.0 Å². The smallest absolute Gasteiger partial charge is 0.328 e. The van der Waals surface area contributed by atoms with Crippen LogP contribution in [0.15, 0.2) is 18.2 Å². The Hall–Kier alpha value is -1.96. The summed E-state index contributed by atoms with van der Waals surface area (Å²) in [5, 5.41) is 0.369. The third-order valence-electron chi connectivity index (χ3n) is 2.65. The van der Waals surface area contributed by atoms with E-state index in [-0.39, 0.29) is 18.5 Å². The lowest BCUT2D eigenvalue weighted by Gasteiger charge is -2.15. The summed E-state index contributed by atoms with van der Waals surface area (Å²) >= 11 is 5.77. The minimum Gasteiger partial charge on any atom is -0.356 e. The SMILES string of the molecule is NNOC(=O)CCN1C(=O)C(=O)c2cc(Cl)ccc21. The van der Waals surface area contributed by atoms with Crippen molar-refractivity contribution in [2.75, 3.05) is 11.4 Å². The molecule has 1 heterocycles. The van der Waals surface area contributed by atoms with Crippen LogP contribution in [0.25, 0.3) is 0 Å². The fourth-order valence-corrected chi connectivity index (χ4v) is 1.99. The number of fused-ring (bicyclic) bond motifs is 1. The van der Waals surface area contributed by atoms with Gasteiger partial charge in [-0.15, -0.1) is 0 Å². The zero-order chi connectivity index (χ0) is 14.0. The van der Waals surface area contributed by atoms with Crippen LogP contribution in [0.3, 0.4) is 0 Å². The van der Waals surface area contributed by atoms with Gasteiger partial charge in [-0.1, -0.05) is 17.2 Å². The first-order chi connectivity index (χ1) is 9.04. The maximum absolute atomic E-state index is 11.8. The molecular formula is C11H10ClN3O4. The number of hydrogen-bond acceptors (Lipinski definition) is 6. The summed E-state index contributed by atoms with van der Waals surface area (Å²) < 4.78 is 0. The van der Waals surface area contributed by atoms with Crippen LogP contribution in [-0.2, 0) is 14.4 Å². The fourth-order valence-electron chi connectivity index (χ4n) is 1.81. The lowest BCUT2D eigenvalue weighted by molar-refractivity contribution is -0.150. The van der Waals surface area contributed by atoms with Crippen LogP contribution < -0.4 is 16.3 Å². The van der Waals surface area contributed by atoms with Gasteiger partial charge in [-0.25, -0.2) is 5.84 Å². The highest BCUT2D eigenvalue weighted by molar-refractivity contribution is 6.52. The molecule has 1 aromatic carbocycles. The van der Waals surface area contributed by atoms with Crippen molar-refractivity contribution in [3.8, 4) is 0 Å². The summed E-state index contributed by atoms with van der Waals surface area (Å²) in [6, 6.07) is 4.56. The van der Waals surface area contributed by atoms with Crippen LogP contribution in [0.1, 0.15) is 16.8 Å². The zero-order valence-corrected chi connectivity index (χ0v) is 10.4. The van der Waals surface area contributed by atoms with Crippen molar-refractivity contribution in [2.45, 2.75) is 6.42 Å². The molecule has 19 heavy (non-hydrogen) atoms. The number of benzene rings is 1. The van der Waals surface area contributed by atoms with Crippen molar-refractivity contribution in [2.24, 2.45) is 5.84 Å². The van der Waals surface area contributed by atoms with Gasteiger partial charge in [0.25, 0.3) is 11.7 Å². The highest BCUT2D eigenvalue weighted by atomic mass is 35.5. The van der Waals surface area contributed by atoms with E-state index >= 15 is 0 Å². The molecule has 2 rings (SSSR count). The summed E-state index contributed by atoms with van der Waals surface area (Å²) in [5.74, 6) is 2.85. The Morgan fingerprint density at radius 2 is 2.16 bits per heavy atom. The topological polar surface area (TPSA) is 102 Å². The second kappa shape index (κ2) is 5.35. The van der Waals surface area contributed by atoms with Gasteiger partial charge in [0.15, 0.2) is 0 Å². The van der Waals surface area contributed by atoms with Gasteiger partial charge in [0.1, 0.15) is 0 Å². The molecule has 1 amide bonds. The molecule has 100 valence electrons. The standard InChI is InChI=1S/C11H10ClN3O4/c12-6-1-2-8-7(5-6)10(17)11(18)15(8)4-3-9(16)19-14-13/h1-2,5,14H,3-4,13H2. The molecule has 7 nitrogen and oxygen atoms in total. The Bertz CT molecular complexity index is 561. The van der Waals surface area contributed by atoms with Gasteiger partial charge in [0.2, 0.25) is 0 Å². The van der Waals surface area contributed by atoms with E-state index in [0.717, 1.165) is 0 Å². The number of hydrazine groups is 1. The average molecular weight is 284 g/mol. The van der Waals surface area contributed by atoms with Gasteiger partial charge in [-0.3, -0.25) is 14.4 Å². The number of nitrogens with two attached hydrogens (primary N) is 1. The second-order valence-electron chi connectivity index (χ2n) is 3.79. The van der Waals surface area contributed by atoms with Crippen LogP contribution in [-0.4, -0.2) is 24.2 Å². The average Bonchev–Trinajstić information content (AvgIpc) is 2.61. The van der Waals surface area contributed by atoms with Crippen molar-refractivity contribution in [3.05, 3.63) is 28.8 Å². The number of Topliss-reactive ketones (excluding diaryl/α,β-unsaturated/α-hetero) is 1. The molecule has 0 saturated heterocycles. The summed E-state index contributed by atoms with van der Waals surface area (Å²) in [6.45, 7) is 0.0275. The Labute approximate surface area is 113 Å². The van der Waals surface area contributed by atoms with Crippen molar-refractivity contribution in [1.29, 1.82) is 0 Å². The Balaban J connectivity index is 2.17. The summed E-state index contributed by atoms with van der Waals surface area (Å²) in [5.41, 5.74) is 2.43. The number of nitrogens with zero attached hydrogens (tertiary/aromatic N) is 1. The van der Waals surface area contributed by atoms with E-state index in [9.17, 15) is 14.4 Å². The molecule has 0 saturated carbocycles. The maximum atomic E-state index is 11.8. The fraction of sp³-hybridized carbons (Fsp3) is 0.182. The first-order valence-corrected chi connectivity index (χ1v) is 5.73. The van der Waals surface area contributed by atoms with E-state index in [1.807, 2.05) is 0 Å². The molecule has 0 atom stereocenters. The number of carbonyl (C=O) groups excluding carboxylic acids is 3. The van der Waals surface area contributed by atoms with Crippen LogP contribution in [0.4, 0.5) is 5.69 Å². The molecule has 0 aliphatic carbocycles. The lowest BCUT2D eigenvalue weighted by Crippen LogP contribution is -2.33. The first-order valence-electron chi connectivity index (χ1n) is 5.35. The predicted octanol–water partition coefficient (Wildman–Crippen LogP) is 0.181. The Morgan fingerprint density at radius 3 is 2.84 bits per heavy atom. The number of nitrogens with one attached hydrogen (secondary N) is 1. The van der Waals surface area contributed by atoms with Gasteiger partial charge in [-0.2, -0.15) is 0 Å². The van der Waals surface area contributed by atoms with Gasteiger partial charge < -0.3 is 9.74 Å². The number of rotatable bonds is 4. The van der Waals surface area contributed by atoms with Crippen LogP contribution in [0.2, 0.25) is 5.02 Å². The molecule has 1 aromatic rings. The number of carbonyl (C=O) groups is 3. The molecule has 1 aliphatic heterocycles. The number of ketones is 1. The van der Waals surface area contributed by atoms with Gasteiger partial charge in [-0.05, 0) is 18.2 Å². The molecule has 0 aromatic heterocycles. The minimum absolute atomic E-state index is 0.0275. The molecule has 0 spiro atoms. The van der Waals surface area contributed by atoms with Crippen LogP contribution in [0, 0.1) is 0 Å². The van der Waals surface area contributed by atoms with E-state index in [0.29, 0.717) is 10.7 Å². The molecule has 8 heteroatoms. The van der Waals surface area contributed by atoms with Crippen molar-refractivity contribution in [3.63, 3.8) is 0 Å². The van der Waals surface area contributed by atoms with Crippen molar-refractivity contribution >= 4 is 34.9 Å². The number of halogens is 1. The Morgan fingerprint density at radius 1 is 1.42 bits per heavy atom. The van der Waals surface area contributed by atoms with Gasteiger partial charge in [0.05, 0.1) is 17.7 Å². The minimum atomic E-state index is -0.689. The number of anilines is 1. The first kappa shape index (κ1) is 13.5. The number of hydrogen-bond donors (Lipinski definition) is 2. The van der Waals surface area contributed by atoms with Gasteiger partial charge >= 0.3 is 5.97 Å². The van der Waals surface area contributed by atoms with Crippen molar-refractivity contribution in [1.82, 2.24) is 5.59 Å². The predicted molar refractivity (Wildman–Crippen MR) is 66.2 cm³/mol. The molecule has 1 aliphatic rings. The molecule has 0 radical (unpaired) electrons. The third kappa shape index (κ3) is 2.58. The normalized spacial score (nSPS) is 13.7. The molecule has 0 unspecified atom stereocenters. The third-order valence-corrected chi connectivity index (χ3v) is 2.88. The summed E-state index contributed by atoms with van der Waals surface area (Å²) in [7, 11) is 0. The molecule has 0 fully saturated rings. The van der Waals surface area contributed by atoms with E-state index in [2.05, 4.69) is 4.84 Å². The van der Waals surface area contributed by atoms with E-state index in [1.54, 1.807) is 17.7 Å². The maximum Gasteiger partial charge on any atom is 0.328 e. The van der Waals surface area contributed by atoms with E-state index < -0.39 is 17.7 Å². The van der Waals surface area contributed by atoms with Crippen molar-refractivity contribution < 1.29 is 19.2 Å². The summed E-state index contributed by atoms with van der Waals surface area (Å²) in [4.78, 5) is 40.2. The molecular weight excluding hydrogens is 274 g/mol. The van der Waals surface area contributed by atoms with Gasteiger partial charge in [0, 0.05) is 11.6 Å². The quantitative estimate of drug-likeness (QED) is 0.464. The lowest BCUT2D eigenvalue weighted by atomic mass is 10.1. The largest absolute Gasteiger partial charge is 0.356 e. The van der Waals surface area contributed by atoms with Crippen LogP contribution in [0.5, 0.6) is 0 Å².